The molecule has 0 N–H and O–H groups in total. The predicted octanol–water partition coefficient (Wildman–Crippen LogP) is 13.0. The fourth-order valence-corrected chi connectivity index (χ4v) is 5.67. The monoisotopic (exact) mass is 703 g/mol. The van der Waals surface area contributed by atoms with Gasteiger partial charge in [0.1, 0.15) is 13.2 Å². The molecule has 6 heteroatoms. The van der Waals surface area contributed by atoms with Crippen LogP contribution in [0.5, 0.6) is 0 Å². The summed E-state index contributed by atoms with van der Waals surface area (Å²) in [5.74, 6) is -1.01. The van der Waals surface area contributed by atoms with Crippen molar-refractivity contribution in [3.63, 3.8) is 0 Å². The average Bonchev–Trinajstić information content (AvgIpc) is 3.11. The minimum atomic E-state index is -0.797. The third-order valence-corrected chi connectivity index (χ3v) is 8.88. The molecule has 0 aliphatic carbocycles. The number of esters is 3. The first-order valence-electron chi connectivity index (χ1n) is 21.0. The van der Waals surface area contributed by atoms with Gasteiger partial charge in [-0.2, -0.15) is 0 Å². The number of rotatable bonds is 37. The summed E-state index contributed by atoms with van der Waals surface area (Å²) in [7, 11) is 0. The van der Waals surface area contributed by atoms with Gasteiger partial charge in [0.05, 0.1) is 0 Å². The van der Waals surface area contributed by atoms with Crippen molar-refractivity contribution >= 4 is 17.9 Å². The van der Waals surface area contributed by atoms with Crippen LogP contribution >= 0.6 is 0 Å². The SMILES string of the molecule is CCCCCC/C=C\CCCC(=O)OCC(COC(=O)CC/C=C\C/C=C\CCCCCCCC)OC(=O)CCCCCCCCCCCC. The van der Waals surface area contributed by atoms with Crippen LogP contribution in [0.3, 0.4) is 0 Å². The van der Waals surface area contributed by atoms with Gasteiger partial charge in [-0.15, -0.1) is 0 Å². The largest absolute Gasteiger partial charge is 0.462 e. The lowest BCUT2D eigenvalue weighted by Gasteiger charge is -2.18. The average molecular weight is 703 g/mol. The summed E-state index contributed by atoms with van der Waals surface area (Å²) < 4.78 is 16.5. The van der Waals surface area contributed by atoms with E-state index in [-0.39, 0.29) is 37.5 Å². The molecular weight excluding hydrogens is 624 g/mol. The molecule has 0 radical (unpaired) electrons. The van der Waals surface area contributed by atoms with E-state index in [0.717, 1.165) is 44.9 Å². The number of carbonyl (C=O) groups excluding carboxylic acids is 3. The molecule has 0 amide bonds. The van der Waals surface area contributed by atoms with Gasteiger partial charge >= 0.3 is 17.9 Å². The highest BCUT2D eigenvalue weighted by Gasteiger charge is 2.19. The summed E-state index contributed by atoms with van der Waals surface area (Å²) in [6.45, 7) is 6.48. The summed E-state index contributed by atoms with van der Waals surface area (Å²) >= 11 is 0. The molecule has 0 bridgehead atoms. The number of unbranched alkanes of at least 4 members (excludes halogenated alkanes) is 20. The van der Waals surface area contributed by atoms with E-state index >= 15 is 0 Å². The maximum atomic E-state index is 12.6. The minimum Gasteiger partial charge on any atom is -0.462 e. The molecular formula is C44H78O6. The molecule has 1 atom stereocenters. The number of carbonyl (C=O) groups is 3. The fourth-order valence-electron chi connectivity index (χ4n) is 5.67. The summed E-state index contributed by atoms with van der Waals surface area (Å²) in [4.78, 5) is 37.4. The van der Waals surface area contributed by atoms with Gasteiger partial charge in [-0.3, -0.25) is 14.4 Å². The minimum absolute atomic E-state index is 0.103. The molecule has 0 fully saturated rings. The van der Waals surface area contributed by atoms with Crippen molar-refractivity contribution < 1.29 is 28.6 Å². The van der Waals surface area contributed by atoms with Gasteiger partial charge in [0.15, 0.2) is 6.10 Å². The molecule has 0 aromatic carbocycles. The van der Waals surface area contributed by atoms with Gasteiger partial charge in [-0.1, -0.05) is 166 Å². The van der Waals surface area contributed by atoms with Crippen molar-refractivity contribution in [1.82, 2.24) is 0 Å². The van der Waals surface area contributed by atoms with Crippen LogP contribution in [0, 0.1) is 0 Å². The molecule has 0 aromatic rings. The molecule has 0 saturated heterocycles. The highest BCUT2D eigenvalue weighted by Crippen LogP contribution is 2.13. The van der Waals surface area contributed by atoms with Crippen molar-refractivity contribution in [1.29, 1.82) is 0 Å². The lowest BCUT2D eigenvalue weighted by molar-refractivity contribution is -0.166. The zero-order chi connectivity index (χ0) is 36.6. The van der Waals surface area contributed by atoms with Gasteiger partial charge in [0, 0.05) is 19.3 Å². The molecule has 0 aliphatic heterocycles. The Balaban J connectivity index is 4.46. The van der Waals surface area contributed by atoms with Crippen molar-refractivity contribution in [2.75, 3.05) is 13.2 Å². The fraction of sp³-hybridized carbons (Fsp3) is 0.795. The van der Waals surface area contributed by atoms with Crippen LogP contribution < -0.4 is 0 Å². The summed E-state index contributed by atoms with van der Waals surface area (Å²) in [5, 5.41) is 0. The Morgan fingerprint density at radius 1 is 0.400 bits per heavy atom. The van der Waals surface area contributed by atoms with E-state index in [1.165, 1.54) is 109 Å². The van der Waals surface area contributed by atoms with Crippen LogP contribution in [-0.4, -0.2) is 37.2 Å². The van der Waals surface area contributed by atoms with E-state index in [4.69, 9.17) is 14.2 Å². The molecule has 0 rings (SSSR count). The second-order valence-corrected chi connectivity index (χ2v) is 13.9. The third-order valence-electron chi connectivity index (χ3n) is 8.88. The zero-order valence-corrected chi connectivity index (χ0v) is 32.9. The Morgan fingerprint density at radius 3 is 1.32 bits per heavy atom. The van der Waals surface area contributed by atoms with E-state index < -0.39 is 6.10 Å². The molecule has 0 heterocycles. The normalized spacial score (nSPS) is 12.3. The van der Waals surface area contributed by atoms with Crippen LogP contribution in [0.25, 0.3) is 0 Å². The Hall–Kier alpha value is -2.37. The van der Waals surface area contributed by atoms with Crippen LogP contribution in [0.2, 0.25) is 0 Å². The van der Waals surface area contributed by atoms with Crippen LogP contribution in [0.1, 0.15) is 207 Å². The van der Waals surface area contributed by atoms with E-state index in [1.807, 2.05) is 6.08 Å². The standard InChI is InChI=1S/C44H78O6/c1-4-7-10-13-16-19-21-22-23-26-28-31-34-37-43(46)49-40-41(39-48-42(45)36-33-30-27-24-18-15-12-9-6-3)50-44(47)38-35-32-29-25-20-17-14-11-8-5-2/h22-24,27-28,31,41H,4-21,25-26,29-30,32-40H2,1-3H3/b23-22-,27-24-,31-28-. The number of ether oxygens (including phenoxy) is 3. The van der Waals surface area contributed by atoms with Crippen molar-refractivity contribution in [3.05, 3.63) is 36.5 Å². The molecule has 50 heavy (non-hydrogen) atoms. The first-order valence-corrected chi connectivity index (χ1v) is 21.0. The predicted molar refractivity (Wildman–Crippen MR) is 210 cm³/mol. The Kier molecular flexibility index (Phi) is 37.5. The van der Waals surface area contributed by atoms with Gasteiger partial charge < -0.3 is 14.2 Å². The summed E-state index contributed by atoms with van der Waals surface area (Å²) in [6.07, 6.45) is 42.9. The van der Waals surface area contributed by atoms with Crippen LogP contribution in [0.4, 0.5) is 0 Å². The maximum absolute atomic E-state index is 12.6. The Morgan fingerprint density at radius 2 is 0.780 bits per heavy atom. The topological polar surface area (TPSA) is 78.9 Å². The smallest absolute Gasteiger partial charge is 0.306 e. The second-order valence-electron chi connectivity index (χ2n) is 13.9. The van der Waals surface area contributed by atoms with Crippen LogP contribution in [0.15, 0.2) is 36.5 Å². The molecule has 290 valence electrons. The first-order chi connectivity index (χ1) is 24.5. The van der Waals surface area contributed by atoms with Gasteiger partial charge in [0.25, 0.3) is 0 Å². The lowest BCUT2D eigenvalue weighted by atomic mass is 10.1. The summed E-state index contributed by atoms with van der Waals surface area (Å²) in [6, 6.07) is 0. The molecule has 0 spiro atoms. The van der Waals surface area contributed by atoms with Crippen molar-refractivity contribution in [3.8, 4) is 0 Å². The second kappa shape index (κ2) is 39.4. The maximum Gasteiger partial charge on any atom is 0.306 e. The Bertz CT molecular complexity index is 861. The number of hydrogen-bond donors (Lipinski definition) is 0. The van der Waals surface area contributed by atoms with Gasteiger partial charge in [-0.05, 0) is 57.8 Å². The quantitative estimate of drug-likeness (QED) is 0.0277. The lowest BCUT2D eigenvalue weighted by Crippen LogP contribution is -2.30. The molecule has 0 saturated carbocycles. The molecule has 0 aliphatic rings. The van der Waals surface area contributed by atoms with E-state index in [2.05, 4.69) is 51.2 Å². The molecule has 0 aromatic heterocycles. The van der Waals surface area contributed by atoms with E-state index in [9.17, 15) is 14.4 Å². The summed E-state index contributed by atoms with van der Waals surface area (Å²) in [5.41, 5.74) is 0. The first kappa shape index (κ1) is 47.6. The Labute approximate surface area is 308 Å². The number of hydrogen-bond acceptors (Lipinski definition) is 6. The number of allylic oxidation sites excluding steroid dienone is 6. The van der Waals surface area contributed by atoms with Gasteiger partial charge in [-0.25, -0.2) is 0 Å². The molecule has 6 nitrogen and oxygen atoms in total. The van der Waals surface area contributed by atoms with Crippen LogP contribution in [-0.2, 0) is 28.6 Å². The molecule has 1 unspecified atom stereocenters. The van der Waals surface area contributed by atoms with Gasteiger partial charge in [0.2, 0.25) is 0 Å². The third kappa shape index (κ3) is 36.9. The van der Waals surface area contributed by atoms with Crippen molar-refractivity contribution in [2.45, 2.75) is 213 Å². The van der Waals surface area contributed by atoms with E-state index in [0.29, 0.717) is 25.7 Å². The van der Waals surface area contributed by atoms with Crippen molar-refractivity contribution in [2.24, 2.45) is 0 Å². The highest BCUT2D eigenvalue weighted by atomic mass is 16.6. The zero-order valence-electron chi connectivity index (χ0n) is 32.9. The van der Waals surface area contributed by atoms with E-state index in [1.54, 1.807) is 0 Å². The highest BCUT2D eigenvalue weighted by molar-refractivity contribution is 5.71.